The van der Waals surface area contributed by atoms with Crippen LogP contribution in [0.1, 0.15) is 12.7 Å². The lowest BCUT2D eigenvalue weighted by molar-refractivity contribution is -0.122. The van der Waals surface area contributed by atoms with Crippen molar-refractivity contribution < 1.29 is 14.1 Å². The van der Waals surface area contributed by atoms with Crippen LogP contribution in [0.15, 0.2) is 53.1 Å². The molecule has 0 spiro atoms. The molecule has 3 aromatic rings. The molecule has 0 unspecified atom stereocenters. The van der Waals surface area contributed by atoms with Crippen molar-refractivity contribution in [1.29, 1.82) is 0 Å². The molecule has 22 heavy (non-hydrogen) atoms. The smallest absolute Gasteiger partial charge is 0.266 e. The number of anilines is 1. The molecule has 3 rings (SSSR count). The second-order valence-electron chi connectivity index (χ2n) is 5.08. The van der Waals surface area contributed by atoms with E-state index in [1.165, 1.54) is 0 Å². The SMILES string of the molecule is Cc1cc(NC(=O)[C@H](C)Oc2ccc3ccccc3c2)no1. The van der Waals surface area contributed by atoms with Crippen molar-refractivity contribution in [3.8, 4) is 5.75 Å². The molecule has 1 atom stereocenters. The van der Waals surface area contributed by atoms with Crippen LogP contribution in [-0.4, -0.2) is 17.2 Å². The minimum atomic E-state index is -0.641. The maximum Gasteiger partial charge on any atom is 0.266 e. The van der Waals surface area contributed by atoms with Gasteiger partial charge in [0.15, 0.2) is 11.9 Å². The molecule has 0 fully saturated rings. The summed E-state index contributed by atoms with van der Waals surface area (Å²) >= 11 is 0. The van der Waals surface area contributed by atoms with Crippen molar-refractivity contribution in [3.05, 3.63) is 54.3 Å². The van der Waals surface area contributed by atoms with Crippen molar-refractivity contribution in [2.45, 2.75) is 20.0 Å². The maximum absolute atomic E-state index is 12.1. The van der Waals surface area contributed by atoms with Gasteiger partial charge in [-0.05, 0) is 36.8 Å². The standard InChI is InChI=1S/C17H16N2O3/c1-11-9-16(19-22-11)18-17(20)12(2)21-15-8-7-13-5-3-4-6-14(13)10-15/h3-10,12H,1-2H3,(H,18,19,20)/t12-/m0/s1. The third kappa shape index (κ3) is 3.09. The second-order valence-corrected chi connectivity index (χ2v) is 5.08. The van der Waals surface area contributed by atoms with Gasteiger partial charge in [-0.2, -0.15) is 0 Å². The number of aromatic nitrogens is 1. The number of nitrogens with one attached hydrogen (secondary N) is 1. The van der Waals surface area contributed by atoms with Crippen LogP contribution >= 0.6 is 0 Å². The maximum atomic E-state index is 12.1. The zero-order valence-corrected chi connectivity index (χ0v) is 12.4. The number of benzene rings is 2. The van der Waals surface area contributed by atoms with Crippen LogP contribution in [0, 0.1) is 6.92 Å². The summed E-state index contributed by atoms with van der Waals surface area (Å²) in [6.07, 6.45) is -0.641. The van der Waals surface area contributed by atoms with Crippen LogP contribution in [-0.2, 0) is 4.79 Å². The lowest BCUT2D eigenvalue weighted by Crippen LogP contribution is -2.30. The number of amides is 1. The van der Waals surface area contributed by atoms with Crippen LogP contribution in [0.4, 0.5) is 5.82 Å². The molecule has 0 aliphatic rings. The topological polar surface area (TPSA) is 64.4 Å². The van der Waals surface area contributed by atoms with Gasteiger partial charge in [-0.25, -0.2) is 0 Å². The van der Waals surface area contributed by atoms with Gasteiger partial charge in [-0.15, -0.1) is 0 Å². The van der Waals surface area contributed by atoms with Gasteiger partial charge in [0, 0.05) is 6.07 Å². The molecular weight excluding hydrogens is 280 g/mol. The predicted octanol–water partition coefficient (Wildman–Crippen LogP) is 3.54. The second kappa shape index (κ2) is 5.89. The molecular formula is C17H16N2O3. The van der Waals surface area contributed by atoms with Gasteiger partial charge >= 0.3 is 0 Å². The van der Waals surface area contributed by atoms with Gasteiger partial charge in [-0.3, -0.25) is 4.79 Å². The van der Waals surface area contributed by atoms with Gasteiger partial charge in [0.2, 0.25) is 0 Å². The molecule has 0 bridgehead atoms. The number of hydrogen-bond acceptors (Lipinski definition) is 4. The van der Waals surface area contributed by atoms with E-state index in [0.29, 0.717) is 17.3 Å². The highest BCUT2D eigenvalue weighted by atomic mass is 16.5. The Hall–Kier alpha value is -2.82. The van der Waals surface area contributed by atoms with Crippen LogP contribution in [0.25, 0.3) is 10.8 Å². The molecule has 1 N–H and O–H groups in total. The first kappa shape index (κ1) is 14.1. The Kier molecular flexibility index (Phi) is 3.78. The van der Waals surface area contributed by atoms with E-state index in [2.05, 4.69) is 10.5 Å². The quantitative estimate of drug-likeness (QED) is 0.799. The molecule has 5 heteroatoms. The zero-order valence-electron chi connectivity index (χ0n) is 12.4. The van der Waals surface area contributed by atoms with E-state index >= 15 is 0 Å². The molecule has 5 nitrogen and oxygen atoms in total. The molecule has 1 heterocycles. The number of rotatable bonds is 4. The van der Waals surface area contributed by atoms with E-state index in [-0.39, 0.29) is 5.91 Å². The number of fused-ring (bicyclic) bond motifs is 1. The van der Waals surface area contributed by atoms with Crippen LogP contribution in [0.3, 0.4) is 0 Å². The van der Waals surface area contributed by atoms with E-state index in [0.717, 1.165) is 10.8 Å². The Morgan fingerprint density at radius 1 is 1.18 bits per heavy atom. The summed E-state index contributed by atoms with van der Waals surface area (Å²) in [6, 6.07) is 15.4. The third-order valence-corrected chi connectivity index (χ3v) is 3.28. The molecule has 1 aromatic heterocycles. The van der Waals surface area contributed by atoms with Gasteiger partial charge in [0.05, 0.1) is 0 Å². The summed E-state index contributed by atoms with van der Waals surface area (Å²) in [7, 11) is 0. The van der Waals surface area contributed by atoms with E-state index in [1.54, 1.807) is 19.9 Å². The largest absolute Gasteiger partial charge is 0.481 e. The normalized spacial score (nSPS) is 12.1. The fraction of sp³-hybridized carbons (Fsp3) is 0.176. The first-order valence-corrected chi connectivity index (χ1v) is 7.01. The molecule has 0 aliphatic heterocycles. The van der Waals surface area contributed by atoms with Crippen LogP contribution in [0.2, 0.25) is 0 Å². The molecule has 2 aromatic carbocycles. The van der Waals surface area contributed by atoms with Gasteiger partial charge in [-0.1, -0.05) is 35.5 Å². The monoisotopic (exact) mass is 296 g/mol. The van der Waals surface area contributed by atoms with Crippen molar-refractivity contribution in [3.63, 3.8) is 0 Å². The van der Waals surface area contributed by atoms with E-state index in [4.69, 9.17) is 9.26 Å². The van der Waals surface area contributed by atoms with Gasteiger partial charge < -0.3 is 14.6 Å². The third-order valence-electron chi connectivity index (χ3n) is 3.28. The number of ether oxygens (including phenoxy) is 1. The van der Waals surface area contributed by atoms with E-state index in [9.17, 15) is 4.79 Å². The first-order valence-electron chi connectivity index (χ1n) is 7.01. The Bertz CT molecular complexity index is 810. The fourth-order valence-electron chi connectivity index (χ4n) is 2.15. The highest BCUT2D eigenvalue weighted by Crippen LogP contribution is 2.21. The number of hydrogen-bond donors (Lipinski definition) is 1. The van der Waals surface area contributed by atoms with Crippen molar-refractivity contribution in [2.24, 2.45) is 0 Å². The summed E-state index contributed by atoms with van der Waals surface area (Å²) in [5.74, 6) is 1.40. The minimum Gasteiger partial charge on any atom is -0.481 e. The highest BCUT2D eigenvalue weighted by Gasteiger charge is 2.16. The lowest BCUT2D eigenvalue weighted by atomic mass is 10.1. The zero-order chi connectivity index (χ0) is 15.5. The molecule has 0 saturated heterocycles. The molecule has 0 aliphatic carbocycles. The Labute approximate surface area is 127 Å². The Morgan fingerprint density at radius 2 is 1.95 bits per heavy atom. The number of aryl methyl sites for hydroxylation is 1. The Morgan fingerprint density at radius 3 is 2.68 bits per heavy atom. The summed E-state index contributed by atoms with van der Waals surface area (Å²) in [6.45, 7) is 3.45. The summed E-state index contributed by atoms with van der Waals surface area (Å²) in [5, 5.41) is 8.57. The molecule has 112 valence electrons. The number of nitrogens with zero attached hydrogens (tertiary/aromatic N) is 1. The average Bonchev–Trinajstić information content (AvgIpc) is 2.92. The van der Waals surface area contributed by atoms with Crippen LogP contribution < -0.4 is 10.1 Å². The van der Waals surface area contributed by atoms with Crippen molar-refractivity contribution in [2.75, 3.05) is 5.32 Å². The van der Waals surface area contributed by atoms with Gasteiger partial charge in [0.25, 0.3) is 5.91 Å². The molecule has 0 saturated carbocycles. The van der Waals surface area contributed by atoms with E-state index < -0.39 is 6.10 Å². The van der Waals surface area contributed by atoms with E-state index in [1.807, 2.05) is 42.5 Å². The molecule has 1 amide bonds. The van der Waals surface area contributed by atoms with Gasteiger partial charge in [0.1, 0.15) is 11.5 Å². The predicted molar refractivity (Wildman–Crippen MR) is 83.9 cm³/mol. The number of carbonyl (C=O) groups excluding carboxylic acids is 1. The van der Waals surface area contributed by atoms with Crippen molar-refractivity contribution >= 4 is 22.5 Å². The highest BCUT2D eigenvalue weighted by molar-refractivity contribution is 5.93. The average molecular weight is 296 g/mol. The van der Waals surface area contributed by atoms with Crippen LogP contribution in [0.5, 0.6) is 5.75 Å². The fourth-order valence-corrected chi connectivity index (χ4v) is 2.15. The Balaban J connectivity index is 1.69. The number of carbonyl (C=O) groups is 1. The summed E-state index contributed by atoms with van der Waals surface area (Å²) in [4.78, 5) is 12.1. The van der Waals surface area contributed by atoms with Crippen molar-refractivity contribution in [1.82, 2.24) is 5.16 Å². The summed E-state index contributed by atoms with van der Waals surface area (Å²) in [5.41, 5.74) is 0. The minimum absolute atomic E-state index is 0.276. The lowest BCUT2D eigenvalue weighted by Gasteiger charge is -2.14. The molecule has 0 radical (unpaired) electrons. The first-order chi connectivity index (χ1) is 10.6. The summed E-state index contributed by atoms with van der Waals surface area (Å²) < 4.78 is 10.6.